The predicted molar refractivity (Wildman–Crippen MR) is 84.1 cm³/mol. The maximum atomic E-state index is 12.8. The Labute approximate surface area is 131 Å². The molecule has 2 aromatic carbocycles. The topological polar surface area (TPSA) is 84.3 Å². The molecular formula is C16H14FN3O3. The number of nitrogens with one attached hydrogen (secondary N) is 2. The second-order valence-corrected chi connectivity index (χ2v) is 5.37. The van der Waals surface area contributed by atoms with Gasteiger partial charge in [0.15, 0.2) is 0 Å². The average molecular weight is 315 g/mol. The summed E-state index contributed by atoms with van der Waals surface area (Å²) in [6.07, 6.45) is 1.98. The van der Waals surface area contributed by atoms with E-state index in [2.05, 4.69) is 10.6 Å². The molecule has 0 aromatic heterocycles. The van der Waals surface area contributed by atoms with Gasteiger partial charge in [-0.3, -0.25) is 14.9 Å². The predicted octanol–water partition coefficient (Wildman–Crippen LogP) is 3.56. The fraction of sp³-hybridized carbons (Fsp3) is 0.188. The maximum Gasteiger partial charge on any atom is 0.293 e. The first-order valence-corrected chi connectivity index (χ1v) is 7.15. The minimum absolute atomic E-state index is 0.136. The molecule has 1 aliphatic rings. The molecule has 7 heteroatoms. The van der Waals surface area contributed by atoms with Crippen LogP contribution in [-0.2, 0) is 0 Å². The summed E-state index contributed by atoms with van der Waals surface area (Å²) in [6.45, 7) is 0. The van der Waals surface area contributed by atoms with Crippen LogP contribution in [0, 0.1) is 15.9 Å². The smallest absolute Gasteiger partial charge is 0.293 e. The normalized spacial score (nSPS) is 13.4. The molecule has 0 radical (unpaired) electrons. The molecule has 1 fully saturated rings. The highest BCUT2D eigenvalue weighted by Gasteiger charge is 2.25. The molecule has 23 heavy (non-hydrogen) atoms. The SMILES string of the molecule is O=C(Nc1ccc(F)cc1)c1ccc(NC2CC2)c([N+](=O)[O-])c1. The number of anilines is 2. The first-order valence-electron chi connectivity index (χ1n) is 7.15. The van der Waals surface area contributed by atoms with Gasteiger partial charge in [0.1, 0.15) is 11.5 Å². The zero-order valence-electron chi connectivity index (χ0n) is 12.1. The second-order valence-electron chi connectivity index (χ2n) is 5.37. The van der Waals surface area contributed by atoms with Crippen LogP contribution in [0.2, 0.25) is 0 Å². The number of rotatable bonds is 5. The molecule has 0 saturated heterocycles. The van der Waals surface area contributed by atoms with Gasteiger partial charge in [-0.1, -0.05) is 0 Å². The van der Waals surface area contributed by atoms with Crippen molar-refractivity contribution in [1.82, 2.24) is 0 Å². The Morgan fingerprint density at radius 2 is 1.87 bits per heavy atom. The lowest BCUT2D eigenvalue weighted by Gasteiger charge is -2.08. The third kappa shape index (κ3) is 3.63. The van der Waals surface area contributed by atoms with Gasteiger partial charge >= 0.3 is 0 Å². The summed E-state index contributed by atoms with van der Waals surface area (Å²) in [4.78, 5) is 22.8. The van der Waals surface area contributed by atoms with E-state index >= 15 is 0 Å². The fourth-order valence-electron chi connectivity index (χ4n) is 2.13. The summed E-state index contributed by atoms with van der Waals surface area (Å²) in [5.41, 5.74) is 0.862. The van der Waals surface area contributed by atoms with Gasteiger partial charge in [-0.05, 0) is 49.2 Å². The van der Waals surface area contributed by atoms with Crippen molar-refractivity contribution in [3.05, 3.63) is 64.0 Å². The van der Waals surface area contributed by atoms with Crippen LogP contribution >= 0.6 is 0 Å². The Morgan fingerprint density at radius 1 is 1.17 bits per heavy atom. The lowest BCUT2D eigenvalue weighted by molar-refractivity contribution is -0.384. The first-order chi connectivity index (χ1) is 11.0. The van der Waals surface area contributed by atoms with Crippen LogP contribution in [-0.4, -0.2) is 16.9 Å². The van der Waals surface area contributed by atoms with E-state index < -0.39 is 16.6 Å². The van der Waals surface area contributed by atoms with Gasteiger partial charge in [0.25, 0.3) is 11.6 Å². The summed E-state index contributed by atoms with van der Waals surface area (Å²) in [7, 11) is 0. The molecule has 2 N–H and O–H groups in total. The van der Waals surface area contributed by atoms with E-state index in [1.165, 1.54) is 42.5 Å². The first kappa shape index (κ1) is 15.0. The molecule has 0 heterocycles. The molecule has 0 atom stereocenters. The van der Waals surface area contributed by atoms with Gasteiger partial charge < -0.3 is 10.6 Å². The lowest BCUT2D eigenvalue weighted by Crippen LogP contribution is -2.13. The molecule has 0 spiro atoms. The summed E-state index contributed by atoms with van der Waals surface area (Å²) >= 11 is 0. The summed E-state index contributed by atoms with van der Waals surface area (Å²) in [5, 5.41) is 16.8. The molecule has 1 saturated carbocycles. The Bertz CT molecular complexity index is 758. The fourth-order valence-corrected chi connectivity index (χ4v) is 2.13. The molecule has 6 nitrogen and oxygen atoms in total. The van der Waals surface area contributed by atoms with Crippen molar-refractivity contribution in [3.8, 4) is 0 Å². The number of nitro groups is 1. The Kier molecular flexibility index (Phi) is 3.92. The van der Waals surface area contributed by atoms with Crippen molar-refractivity contribution in [2.75, 3.05) is 10.6 Å². The standard InChI is InChI=1S/C16H14FN3O3/c17-11-2-4-13(5-3-11)19-16(21)10-1-8-14(18-12-6-7-12)15(9-10)20(22)23/h1-5,8-9,12,18H,6-7H2,(H,19,21). The van der Waals surface area contributed by atoms with Crippen LogP contribution < -0.4 is 10.6 Å². The van der Waals surface area contributed by atoms with Crippen LogP contribution in [0.15, 0.2) is 42.5 Å². The highest BCUT2D eigenvalue weighted by molar-refractivity contribution is 6.05. The number of carbonyl (C=O) groups is 1. The minimum Gasteiger partial charge on any atom is -0.377 e. The Hall–Kier alpha value is -2.96. The highest BCUT2D eigenvalue weighted by Crippen LogP contribution is 2.31. The van der Waals surface area contributed by atoms with Crippen molar-refractivity contribution >= 4 is 23.0 Å². The quantitative estimate of drug-likeness (QED) is 0.652. The molecule has 0 aliphatic heterocycles. The molecule has 118 valence electrons. The zero-order chi connectivity index (χ0) is 16.4. The zero-order valence-corrected chi connectivity index (χ0v) is 12.1. The largest absolute Gasteiger partial charge is 0.377 e. The number of nitro benzene ring substituents is 1. The molecule has 2 aromatic rings. The number of hydrogen-bond donors (Lipinski definition) is 2. The molecular weight excluding hydrogens is 301 g/mol. The number of nitrogens with zero attached hydrogens (tertiary/aromatic N) is 1. The van der Waals surface area contributed by atoms with E-state index in [0.29, 0.717) is 11.4 Å². The molecule has 0 unspecified atom stereocenters. The van der Waals surface area contributed by atoms with E-state index in [1.54, 1.807) is 0 Å². The van der Waals surface area contributed by atoms with E-state index in [0.717, 1.165) is 12.8 Å². The van der Waals surface area contributed by atoms with Crippen LogP contribution in [0.3, 0.4) is 0 Å². The van der Waals surface area contributed by atoms with Gasteiger partial charge in [-0.15, -0.1) is 0 Å². The summed E-state index contributed by atoms with van der Waals surface area (Å²) in [6, 6.07) is 9.86. The van der Waals surface area contributed by atoms with Crippen LogP contribution in [0.5, 0.6) is 0 Å². The van der Waals surface area contributed by atoms with Gasteiger partial charge in [-0.2, -0.15) is 0 Å². The van der Waals surface area contributed by atoms with E-state index in [9.17, 15) is 19.3 Å². The van der Waals surface area contributed by atoms with Gasteiger partial charge in [0.2, 0.25) is 0 Å². The average Bonchev–Trinajstić information content (AvgIpc) is 3.33. The van der Waals surface area contributed by atoms with Crippen LogP contribution in [0.25, 0.3) is 0 Å². The second kappa shape index (κ2) is 6.04. The summed E-state index contributed by atoms with van der Waals surface area (Å²) in [5.74, 6) is -0.896. The van der Waals surface area contributed by atoms with Gasteiger partial charge in [0, 0.05) is 23.4 Å². The molecule has 0 bridgehead atoms. The van der Waals surface area contributed by atoms with Crippen molar-refractivity contribution in [1.29, 1.82) is 0 Å². The van der Waals surface area contributed by atoms with Crippen molar-refractivity contribution in [2.24, 2.45) is 0 Å². The number of hydrogen-bond acceptors (Lipinski definition) is 4. The molecule has 1 amide bonds. The minimum atomic E-state index is -0.514. The molecule has 1 aliphatic carbocycles. The summed E-state index contributed by atoms with van der Waals surface area (Å²) < 4.78 is 12.8. The van der Waals surface area contributed by atoms with Crippen molar-refractivity contribution in [3.63, 3.8) is 0 Å². The number of benzene rings is 2. The number of carbonyl (C=O) groups excluding carboxylic acids is 1. The Morgan fingerprint density at radius 3 is 2.48 bits per heavy atom. The van der Waals surface area contributed by atoms with E-state index in [-0.39, 0.29) is 17.3 Å². The highest BCUT2D eigenvalue weighted by atomic mass is 19.1. The third-order valence-electron chi connectivity index (χ3n) is 3.50. The third-order valence-corrected chi connectivity index (χ3v) is 3.50. The van der Waals surface area contributed by atoms with Gasteiger partial charge in [-0.25, -0.2) is 4.39 Å². The van der Waals surface area contributed by atoms with Crippen molar-refractivity contribution < 1.29 is 14.1 Å². The molecule has 3 rings (SSSR count). The van der Waals surface area contributed by atoms with Crippen LogP contribution in [0.4, 0.5) is 21.5 Å². The van der Waals surface area contributed by atoms with Gasteiger partial charge in [0.05, 0.1) is 4.92 Å². The van der Waals surface area contributed by atoms with Crippen molar-refractivity contribution in [2.45, 2.75) is 18.9 Å². The van der Waals surface area contributed by atoms with E-state index in [1.807, 2.05) is 0 Å². The van der Waals surface area contributed by atoms with Crippen LogP contribution in [0.1, 0.15) is 23.2 Å². The number of halogens is 1. The maximum absolute atomic E-state index is 12.8. The van der Waals surface area contributed by atoms with E-state index in [4.69, 9.17) is 0 Å². The number of amides is 1. The Balaban J connectivity index is 1.80. The lowest BCUT2D eigenvalue weighted by atomic mass is 10.1. The monoisotopic (exact) mass is 315 g/mol.